The third kappa shape index (κ3) is 8.10. The Morgan fingerprint density at radius 1 is 1.14 bits per heavy atom. The van der Waals surface area contributed by atoms with E-state index in [1.807, 2.05) is 25.1 Å². The molecule has 10 heteroatoms. The molecule has 0 aliphatic heterocycles. The second-order valence-electron chi connectivity index (χ2n) is 6.04. The van der Waals surface area contributed by atoms with Crippen LogP contribution in [0.15, 0.2) is 40.7 Å². The first kappa shape index (κ1) is 22.7. The van der Waals surface area contributed by atoms with Crippen molar-refractivity contribution in [3.05, 3.63) is 52.0 Å². The summed E-state index contributed by atoms with van der Waals surface area (Å²) in [5.41, 5.74) is -0.238. The molecule has 0 aliphatic rings. The van der Waals surface area contributed by atoms with Gasteiger partial charge in [-0.1, -0.05) is 18.2 Å². The van der Waals surface area contributed by atoms with Gasteiger partial charge < -0.3 is 16.0 Å². The number of thiazole rings is 1. The maximum absolute atomic E-state index is 12.6. The van der Waals surface area contributed by atoms with Crippen molar-refractivity contribution in [3.8, 4) is 0 Å². The lowest BCUT2D eigenvalue weighted by atomic mass is 10.2. The molecule has 6 nitrogen and oxygen atoms in total. The van der Waals surface area contributed by atoms with Crippen molar-refractivity contribution >= 4 is 23.2 Å². The molecule has 0 radical (unpaired) electrons. The Labute approximate surface area is 171 Å². The van der Waals surface area contributed by atoms with Crippen LogP contribution in [0.2, 0.25) is 0 Å². The van der Waals surface area contributed by atoms with Crippen molar-refractivity contribution < 1.29 is 18.0 Å². The molecule has 0 atom stereocenters. The normalized spacial score (nSPS) is 11.9. The molecule has 1 heterocycles. The van der Waals surface area contributed by atoms with Gasteiger partial charge in [-0.2, -0.15) is 13.2 Å². The maximum atomic E-state index is 12.6. The molecular formula is C19H24F3N5OS. The minimum atomic E-state index is -4.41. The molecule has 1 amide bonds. The van der Waals surface area contributed by atoms with E-state index in [0.717, 1.165) is 16.7 Å². The first-order valence-electron chi connectivity index (χ1n) is 9.27. The lowest BCUT2D eigenvalue weighted by Gasteiger charge is -2.10. The smallest absolute Gasteiger partial charge is 0.357 e. The van der Waals surface area contributed by atoms with Crippen molar-refractivity contribution in [1.29, 1.82) is 0 Å². The first-order valence-corrected chi connectivity index (χ1v) is 10.1. The van der Waals surface area contributed by atoms with Crippen molar-refractivity contribution in [1.82, 2.24) is 20.9 Å². The molecule has 0 aliphatic carbocycles. The highest BCUT2D eigenvalue weighted by atomic mass is 32.1. The molecule has 158 valence electrons. The summed E-state index contributed by atoms with van der Waals surface area (Å²) in [6.07, 6.45) is -3.37. The van der Waals surface area contributed by atoms with Crippen molar-refractivity contribution in [2.75, 3.05) is 26.2 Å². The van der Waals surface area contributed by atoms with E-state index in [1.165, 1.54) is 0 Å². The Balaban J connectivity index is 1.70. The second kappa shape index (κ2) is 11.4. The number of halogens is 3. The van der Waals surface area contributed by atoms with E-state index in [1.54, 1.807) is 12.1 Å². The summed E-state index contributed by atoms with van der Waals surface area (Å²) in [7, 11) is 0. The van der Waals surface area contributed by atoms with Crippen molar-refractivity contribution in [2.24, 2.45) is 4.99 Å². The van der Waals surface area contributed by atoms with Crippen LogP contribution in [0, 0.1) is 0 Å². The van der Waals surface area contributed by atoms with E-state index in [0.29, 0.717) is 55.6 Å². The summed E-state index contributed by atoms with van der Waals surface area (Å²) in [6, 6.07) is 8.97. The summed E-state index contributed by atoms with van der Waals surface area (Å²) in [5, 5.41) is 10.4. The number of aromatic nitrogens is 1. The van der Waals surface area contributed by atoms with Crippen LogP contribution in [-0.2, 0) is 12.6 Å². The summed E-state index contributed by atoms with van der Waals surface area (Å²) < 4.78 is 37.7. The highest BCUT2D eigenvalue weighted by molar-refractivity contribution is 7.09. The van der Waals surface area contributed by atoms with Gasteiger partial charge in [-0.3, -0.25) is 9.79 Å². The second-order valence-corrected chi connectivity index (χ2v) is 6.98. The number of carbonyl (C=O) groups excluding carboxylic acids is 1. The van der Waals surface area contributed by atoms with E-state index < -0.39 is 11.9 Å². The predicted molar refractivity (Wildman–Crippen MR) is 108 cm³/mol. The standard InChI is InChI=1S/C19H24F3N5OS/c1-2-23-18(26-12-9-16-27-15(13-29-16)19(20,21)22)25-11-6-10-24-17(28)14-7-4-3-5-8-14/h3-5,7-8,13H,2,6,9-12H2,1H3,(H,24,28)(H2,23,25,26). The molecule has 3 N–H and O–H groups in total. The fraction of sp³-hybridized carbons (Fsp3) is 0.421. The van der Waals surface area contributed by atoms with E-state index in [4.69, 9.17) is 0 Å². The number of hydrogen-bond acceptors (Lipinski definition) is 4. The van der Waals surface area contributed by atoms with E-state index in [-0.39, 0.29) is 5.91 Å². The van der Waals surface area contributed by atoms with Crippen LogP contribution in [0.4, 0.5) is 13.2 Å². The molecule has 0 fully saturated rings. The molecule has 0 unspecified atom stereocenters. The number of nitrogens with one attached hydrogen (secondary N) is 3. The molecule has 29 heavy (non-hydrogen) atoms. The Morgan fingerprint density at radius 2 is 1.90 bits per heavy atom. The summed E-state index contributed by atoms with van der Waals surface area (Å²) in [6.45, 7) is 4.00. The van der Waals surface area contributed by atoms with Crippen LogP contribution in [0.25, 0.3) is 0 Å². The Hall–Kier alpha value is -2.62. The van der Waals surface area contributed by atoms with Gasteiger partial charge in [0.15, 0.2) is 11.7 Å². The number of nitrogens with zero attached hydrogens (tertiary/aromatic N) is 2. The number of rotatable bonds is 9. The van der Waals surface area contributed by atoms with Gasteiger partial charge in [-0.25, -0.2) is 4.98 Å². The van der Waals surface area contributed by atoms with Crippen LogP contribution < -0.4 is 16.0 Å². The molecule has 1 aromatic heterocycles. The van der Waals surface area contributed by atoms with Gasteiger partial charge in [0.05, 0.1) is 5.01 Å². The summed E-state index contributed by atoms with van der Waals surface area (Å²) in [5.74, 6) is 0.454. The fourth-order valence-corrected chi connectivity index (χ4v) is 3.15. The monoisotopic (exact) mass is 427 g/mol. The van der Waals surface area contributed by atoms with Crippen LogP contribution >= 0.6 is 11.3 Å². The number of benzene rings is 1. The van der Waals surface area contributed by atoms with Crippen molar-refractivity contribution in [2.45, 2.75) is 25.9 Å². The SMILES string of the molecule is CCNC(=NCCCNC(=O)c1ccccc1)NCCc1nc(C(F)(F)F)cs1. The Morgan fingerprint density at radius 3 is 2.55 bits per heavy atom. The zero-order valence-electron chi connectivity index (χ0n) is 16.1. The Bertz CT molecular complexity index is 793. The van der Waals surface area contributed by atoms with Gasteiger partial charge in [-0.15, -0.1) is 11.3 Å². The Kier molecular flexibility index (Phi) is 8.91. The molecule has 0 saturated carbocycles. The van der Waals surface area contributed by atoms with Gasteiger partial charge in [-0.05, 0) is 25.5 Å². The predicted octanol–water partition coefficient (Wildman–Crippen LogP) is 3.08. The van der Waals surface area contributed by atoms with Crippen LogP contribution in [-0.4, -0.2) is 43.0 Å². The van der Waals surface area contributed by atoms with Gasteiger partial charge in [0, 0.05) is 43.5 Å². The third-order valence-electron chi connectivity index (χ3n) is 3.74. The average Bonchev–Trinajstić information content (AvgIpc) is 3.17. The zero-order chi connectivity index (χ0) is 21.1. The molecule has 2 aromatic rings. The van der Waals surface area contributed by atoms with E-state index >= 15 is 0 Å². The quantitative estimate of drug-likeness (QED) is 0.327. The number of aliphatic imine (C=N–C) groups is 1. The molecule has 2 rings (SSSR count). The van der Waals surface area contributed by atoms with Gasteiger partial charge in [0.1, 0.15) is 0 Å². The first-order chi connectivity index (χ1) is 13.9. The van der Waals surface area contributed by atoms with E-state index in [9.17, 15) is 18.0 Å². The lowest BCUT2D eigenvalue weighted by molar-refractivity contribution is -0.140. The fourth-order valence-electron chi connectivity index (χ4n) is 2.35. The maximum Gasteiger partial charge on any atom is 0.434 e. The number of amides is 1. The topological polar surface area (TPSA) is 78.4 Å². The number of guanidine groups is 1. The highest BCUT2D eigenvalue weighted by Crippen LogP contribution is 2.29. The highest BCUT2D eigenvalue weighted by Gasteiger charge is 2.33. The largest absolute Gasteiger partial charge is 0.434 e. The average molecular weight is 427 g/mol. The summed E-state index contributed by atoms with van der Waals surface area (Å²) >= 11 is 0.995. The number of alkyl halides is 3. The summed E-state index contributed by atoms with van der Waals surface area (Å²) in [4.78, 5) is 19.9. The molecule has 1 aromatic carbocycles. The number of carbonyl (C=O) groups is 1. The number of hydrogen-bond donors (Lipinski definition) is 3. The molecule has 0 saturated heterocycles. The minimum absolute atomic E-state index is 0.124. The molecule has 0 spiro atoms. The molecular weight excluding hydrogens is 403 g/mol. The van der Waals surface area contributed by atoms with Gasteiger partial charge in [0.2, 0.25) is 0 Å². The van der Waals surface area contributed by atoms with Crippen molar-refractivity contribution in [3.63, 3.8) is 0 Å². The van der Waals surface area contributed by atoms with Crippen LogP contribution in [0.3, 0.4) is 0 Å². The van der Waals surface area contributed by atoms with Crippen LogP contribution in [0.1, 0.15) is 34.4 Å². The van der Waals surface area contributed by atoms with Gasteiger partial charge >= 0.3 is 6.18 Å². The van der Waals surface area contributed by atoms with E-state index in [2.05, 4.69) is 25.9 Å². The lowest BCUT2D eigenvalue weighted by Crippen LogP contribution is -2.38. The minimum Gasteiger partial charge on any atom is -0.357 e. The van der Waals surface area contributed by atoms with Gasteiger partial charge in [0.25, 0.3) is 5.91 Å². The zero-order valence-corrected chi connectivity index (χ0v) is 16.9. The van der Waals surface area contributed by atoms with Crippen LogP contribution in [0.5, 0.6) is 0 Å². The molecule has 0 bridgehead atoms. The third-order valence-corrected chi connectivity index (χ3v) is 4.65.